The zero-order valence-electron chi connectivity index (χ0n) is 22.0. The molecule has 0 atom stereocenters. The van der Waals surface area contributed by atoms with Gasteiger partial charge in [0, 0.05) is 0 Å². The van der Waals surface area contributed by atoms with E-state index in [1.807, 2.05) is 0 Å². The first-order valence-electron chi connectivity index (χ1n) is 11.8. The molecule has 0 heterocycles. The van der Waals surface area contributed by atoms with Crippen molar-refractivity contribution in [2.45, 2.75) is 14.7 Å². The highest BCUT2D eigenvalue weighted by Crippen LogP contribution is 2.22. The van der Waals surface area contributed by atoms with E-state index in [1.54, 1.807) is 0 Å². The van der Waals surface area contributed by atoms with Crippen LogP contribution < -0.4 is 32.4 Å². The number of rotatable bonds is 9. The van der Waals surface area contributed by atoms with Gasteiger partial charge in [-0.1, -0.05) is 0 Å². The molecular weight excluding hydrogens is 660 g/mol. The summed E-state index contributed by atoms with van der Waals surface area (Å²) in [6.45, 7) is 0. The number of phenolic OH excluding ortho intramolecular Hbond substituents is 1. The van der Waals surface area contributed by atoms with Gasteiger partial charge in [0.25, 0.3) is 30.4 Å². The van der Waals surface area contributed by atoms with Gasteiger partial charge >= 0.3 is 0 Å². The van der Waals surface area contributed by atoms with Gasteiger partial charge in [0.2, 0.25) is 10.9 Å². The smallest absolute Gasteiger partial charge is 0.294 e. The van der Waals surface area contributed by atoms with Gasteiger partial charge < -0.3 is 5.11 Å². The Balaban J connectivity index is 1.82. The summed E-state index contributed by atoms with van der Waals surface area (Å²) >= 11 is 0. The standard InChI is InChI=1S/C24H18N6O12S3/c31-22-19(28-25-13-1-7-16(8-2-13)43(34,35)36)23(32)21(30-27-15-5-11-18(12-6-15)45(40,41)42)24(33)20(22)29-26-14-3-9-17(10-4-14)44(37,38)39/h1-12,25-26,32H,(H,34,35,36)(H,37,38,39)(H,40,41,42)/b28-19-,29-20+,30-27?. The summed E-state index contributed by atoms with van der Waals surface area (Å²) in [6, 6.07) is 12.9. The molecule has 0 aliphatic heterocycles. The zero-order chi connectivity index (χ0) is 33.2. The van der Waals surface area contributed by atoms with E-state index in [-0.39, 0.29) is 17.1 Å². The van der Waals surface area contributed by atoms with Gasteiger partial charge in [-0.3, -0.25) is 34.1 Å². The topological polar surface area (TPSA) is 291 Å². The second-order valence-corrected chi connectivity index (χ2v) is 12.9. The van der Waals surface area contributed by atoms with E-state index in [1.165, 1.54) is 0 Å². The van der Waals surface area contributed by atoms with Crippen LogP contribution in [-0.2, 0) is 30.4 Å². The van der Waals surface area contributed by atoms with E-state index in [2.05, 4.69) is 31.3 Å². The molecule has 0 saturated carbocycles. The Bertz CT molecular complexity index is 2370. The zero-order valence-corrected chi connectivity index (χ0v) is 24.4. The largest absolute Gasteiger partial charge is 0.504 e. The molecular formula is C24H18N6O12S3. The maximum Gasteiger partial charge on any atom is 0.294 e. The third-order valence-corrected chi connectivity index (χ3v) is 8.21. The van der Waals surface area contributed by atoms with Crippen LogP contribution in [0, 0.1) is 0 Å². The highest BCUT2D eigenvalue weighted by atomic mass is 32.2. The molecule has 6 N–H and O–H groups in total. The molecule has 0 bridgehead atoms. The van der Waals surface area contributed by atoms with Crippen LogP contribution in [0.25, 0.3) is 0 Å². The summed E-state index contributed by atoms with van der Waals surface area (Å²) in [5, 5.41) is 24.0. The number of hydrogen-bond donors (Lipinski definition) is 6. The van der Waals surface area contributed by atoms with E-state index in [0.29, 0.717) is 0 Å². The van der Waals surface area contributed by atoms with E-state index in [0.717, 1.165) is 72.8 Å². The van der Waals surface area contributed by atoms with Crippen molar-refractivity contribution in [1.29, 1.82) is 0 Å². The van der Waals surface area contributed by atoms with Crippen molar-refractivity contribution < 1.29 is 44.0 Å². The fraction of sp³-hybridized carbons (Fsp3) is 0. The van der Waals surface area contributed by atoms with Crippen molar-refractivity contribution in [1.82, 2.24) is 0 Å². The van der Waals surface area contributed by atoms with E-state index >= 15 is 0 Å². The molecule has 0 fully saturated rings. The van der Waals surface area contributed by atoms with Crippen LogP contribution in [0.4, 0.5) is 22.7 Å². The Hall–Kier alpha value is -5.19. The summed E-state index contributed by atoms with van der Waals surface area (Å²) < 4.78 is 94.9. The van der Waals surface area contributed by atoms with Crippen LogP contribution in [0.3, 0.4) is 0 Å². The van der Waals surface area contributed by atoms with Gasteiger partial charge in [-0.25, -0.2) is 0 Å². The van der Waals surface area contributed by atoms with Crippen LogP contribution in [0.15, 0.2) is 118 Å². The Labute approximate surface area is 252 Å². The van der Waals surface area contributed by atoms with E-state index in [4.69, 9.17) is 13.7 Å². The lowest BCUT2D eigenvalue weighted by molar-refractivity contribution is 0.467. The molecule has 0 amide bonds. The predicted molar refractivity (Wildman–Crippen MR) is 154 cm³/mol. The Morgan fingerprint density at radius 1 is 0.511 bits per heavy atom. The van der Waals surface area contributed by atoms with Crippen LogP contribution in [0.5, 0.6) is 5.75 Å². The number of nitrogens with zero attached hydrogens (tertiary/aromatic N) is 4. The fourth-order valence-electron chi connectivity index (χ4n) is 3.39. The monoisotopic (exact) mass is 678 g/mol. The molecule has 234 valence electrons. The minimum Gasteiger partial charge on any atom is -0.504 e. The summed E-state index contributed by atoms with van der Waals surface area (Å²) in [4.78, 5) is 25.0. The second-order valence-electron chi connectivity index (χ2n) is 8.67. The normalized spacial score (nSPS) is 13.3. The number of aromatic hydroxyl groups is 1. The van der Waals surface area contributed by atoms with Crippen molar-refractivity contribution in [3.05, 3.63) is 104 Å². The molecule has 0 spiro atoms. The molecule has 0 saturated heterocycles. The van der Waals surface area contributed by atoms with Crippen molar-refractivity contribution in [3.63, 3.8) is 0 Å². The highest BCUT2D eigenvalue weighted by Gasteiger charge is 2.17. The molecule has 21 heteroatoms. The van der Waals surface area contributed by atoms with Crippen molar-refractivity contribution in [2.24, 2.45) is 20.4 Å². The summed E-state index contributed by atoms with van der Waals surface area (Å²) in [7, 11) is -13.5. The highest BCUT2D eigenvalue weighted by molar-refractivity contribution is 7.86. The maximum atomic E-state index is 13.2. The third-order valence-electron chi connectivity index (χ3n) is 5.61. The van der Waals surface area contributed by atoms with E-state index < -0.39 is 78.0 Å². The molecule has 0 unspecified atom stereocenters. The minimum absolute atomic E-state index is 0.0431. The van der Waals surface area contributed by atoms with Gasteiger partial charge in [0.05, 0.1) is 31.7 Å². The van der Waals surface area contributed by atoms with E-state index in [9.17, 15) is 39.9 Å². The quantitative estimate of drug-likeness (QED) is 0.0818. The number of azo groups is 1. The third kappa shape index (κ3) is 7.86. The van der Waals surface area contributed by atoms with Crippen LogP contribution in [0.2, 0.25) is 0 Å². The van der Waals surface area contributed by atoms with Crippen molar-refractivity contribution in [2.75, 3.05) is 10.9 Å². The van der Waals surface area contributed by atoms with Gasteiger partial charge in [0.15, 0.2) is 22.2 Å². The summed E-state index contributed by atoms with van der Waals surface area (Å²) in [5.74, 6) is -1.05. The lowest BCUT2D eigenvalue weighted by Crippen LogP contribution is -2.48. The van der Waals surface area contributed by atoms with Gasteiger partial charge in [-0.15, -0.1) is 5.11 Å². The molecule has 0 radical (unpaired) electrons. The van der Waals surface area contributed by atoms with Gasteiger partial charge in [-0.05, 0) is 72.8 Å². The molecule has 0 aliphatic rings. The minimum atomic E-state index is -4.51. The molecule has 4 aromatic carbocycles. The Kier molecular flexibility index (Phi) is 9.04. The van der Waals surface area contributed by atoms with Crippen LogP contribution in [0.1, 0.15) is 0 Å². The lowest BCUT2D eigenvalue weighted by atomic mass is 10.2. The van der Waals surface area contributed by atoms with Crippen molar-refractivity contribution >= 4 is 53.1 Å². The van der Waals surface area contributed by atoms with Crippen LogP contribution >= 0.6 is 0 Å². The molecule has 0 aliphatic carbocycles. The predicted octanol–water partition coefficient (Wildman–Crippen LogP) is 0.999. The van der Waals surface area contributed by atoms with Crippen molar-refractivity contribution in [3.8, 4) is 5.75 Å². The Morgan fingerprint density at radius 2 is 0.889 bits per heavy atom. The average molecular weight is 679 g/mol. The summed E-state index contributed by atoms with van der Waals surface area (Å²) in [5.41, 5.74) is 1.52. The molecule has 0 aromatic heterocycles. The first-order chi connectivity index (χ1) is 20.9. The molecule has 45 heavy (non-hydrogen) atoms. The Morgan fingerprint density at radius 3 is 1.29 bits per heavy atom. The number of nitrogens with one attached hydrogen (secondary N) is 2. The number of anilines is 2. The fourth-order valence-corrected chi connectivity index (χ4v) is 4.83. The molecule has 4 rings (SSSR count). The van der Waals surface area contributed by atoms with Gasteiger partial charge in [-0.2, -0.15) is 40.6 Å². The molecule has 18 nitrogen and oxygen atoms in total. The SMILES string of the molecule is O=c1c(N=Nc2ccc(S(=O)(=O)O)cc2)c(O)/c(=N\Nc2ccc(S(=O)(=O)O)cc2)c(=O)/c1=N\Nc1ccc(S(=O)(=O)O)cc1. The first-order valence-corrected chi connectivity index (χ1v) is 16.1. The van der Waals surface area contributed by atoms with Crippen LogP contribution in [-0.4, -0.2) is 44.0 Å². The second kappa shape index (κ2) is 12.4. The first kappa shape index (κ1) is 32.7. The lowest BCUT2D eigenvalue weighted by Gasteiger charge is -2.03. The average Bonchev–Trinajstić information content (AvgIpc) is 2.96. The summed E-state index contributed by atoms with van der Waals surface area (Å²) in [6.07, 6.45) is 0. The number of benzene rings is 4. The molecule has 4 aromatic rings. The van der Waals surface area contributed by atoms with Gasteiger partial charge in [0.1, 0.15) is 0 Å². The number of hydrogen-bond acceptors (Lipinski definition) is 15. The maximum absolute atomic E-state index is 13.2. The number of phenols is 1.